The molecule has 0 atom stereocenters. The van der Waals surface area contributed by atoms with Gasteiger partial charge in [0, 0.05) is 38.9 Å². The van der Waals surface area contributed by atoms with Crippen molar-refractivity contribution in [3.05, 3.63) is 11.8 Å². The topological polar surface area (TPSA) is 59.4 Å². The fraction of sp³-hybridized carbons (Fsp3) is 0.714. The summed E-state index contributed by atoms with van der Waals surface area (Å²) in [6.07, 6.45) is 4.95. The van der Waals surface area contributed by atoms with E-state index in [9.17, 15) is 4.79 Å². The number of nitrogens with one attached hydrogen (secondary N) is 1. The molecule has 0 bridgehead atoms. The summed E-state index contributed by atoms with van der Waals surface area (Å²) in [6.45, 7) is 6.10. The van der Waals surface area contributed by atoms with Gasteiger partial charge >= 0.3 is 0 Å². The molecule has 106 valence electrons. The van der Waals surface area contributed by atoms with E-state index in [1.807, 2.05) is 13.1 Å². The third-order valence-electron chi connectivity index (χ3n) is 3.31. The van der Waals surface area contributed by atoms with Crippen LogP contribution in [-0.4, -0.2) is 55.5 Å². The van der Waals surface area contributed by atoms with Crippen molar-refractivity contribution in [2.45, 2.75) is 26.2 Å². The van der Waals surface area contributed by atoms with E-state index in [-0.39, 0.29) is 11.5 Å². The van der Waals surface area contributed by atoms with E-state index in [1.165, 1.54) is 0 Å². The molecule has 5 heteroatoms. The van der Waals surface area contributed by atoms with E-state index in [4.69, 9.17) is 5.26 Å². The summed E-state index contributed by atoms with van der Waals surface area (Å²) in [5.41, 5.74) is 0.209. The first kappa shape index (κ1) is 15.5. The maximum absolute atomic E-state index is 12.1. The molecule has 1 saturated heterocycles. The SMILES string of the molecule is CCCCCN/C=C(/C#N)C(=O)N1CCN(C)CC1. The highest BCUT2D eigenvalue weighted by molar-refractivity contribution is 5.97. The molecule has 1 N–H and O–H groups in total. The van der Waals surface area contributed by atoms with Crippen molar-refractivity contribution in [2.24, 2.45) is 0 Å². The highest BCUT2D eigenvalue weighted by Gasteiger charge is 2.21. The number of likely N-dealkylation sites (N-methyl/N-ethyl adjacent to an activating group) is 1. The van der Waals surface area contributed by atoms with Crippen molar-refractivity contribution in [2.75, 3.05) is 39.8 Å². The number of rotatable bonds is 6. The molecule has 0 aromatic carbocycles. The first-order chi connectivity index (χ1) is 9.19. The van der Waals surface area contributed by atoms with Crippen LogP contribution in [0.15, 0.2) is 11.8 Å². The number of piperazine rings is 1. The number of unbranched alkanes of at least 4 members (excludes halogenated alkanes) is 2. The van der Waals surface area contributed by atoms with Gasteiger partial charge < -0.3 is 15.1 Å². The van der Waals surface area contributed by atoms with Crippen molar-refractivity contribution >= 4 is 5.91 Å². The molecule has 1 amide bonds. The van der Waals surface area contributed by atoms with Gasteiger partial charge in [0.2, 0.25) is 0 Å². The van der Waals surface area contributed by atoms with E-state index >= 15 is 0 Å². The maximum Gasteiger partial charge on any atom is 0.266 e. The normalized spacial score (nSPS) is 17.1. The second-order valence-electron chi connectivity index (χ2n) is 4.93. The smallest absolute Gasteiger partial charge is 0.266 e. The number of hydrogen-bond donors (Lipinski definition) is 1. The van der Waals surface area contributed by atoms with Gasteiger partial charge in [-0.2, -0.15) is 5.26 Å². The summed E-state index contributed by atoms with van der Waals surface area (Å²) in [7, 11) is 2.04. The van der Waals surface area contributed by atoms with Gasteiger partial charge in [-0.1, -0.05) is 19.8 Å². The van der Waals surface area contributed by atoms with Gasteiger partial charge in [0.25, 0.3) is 5.91 Å². The molecular weight excluding hydrogens is 240 g/mol. The molecule has 0 aromatic heterocycles. The van der Waals surface area contributed by atoms with E-state index in [0.29, 0.717) is 13.1 Å². The fourth-order valence-corrected chi connectivity index (χ4v) is 1.97. The minimum absolute atomic E-state index is 0.154. The first-order valence-corrected chi connectivity index (χ1v) is 7.00. The summed E-state index contributed by atoms with van der Waals surface area (Å²) in [5, 5.41) is 12.1. The standard InChI is InChI=1S/C14H24N4O/c1-3-4-5-6-16-12-13(11-15)14(19)18-9-7-17(2)8-10-18/h12,16H,3-10H2,1-2H3/b13-12-. The third-order valence-corrected chi connectivity index (χ3v) is 3.31. The zero-order valence-corrected chi connectivity index (χ0v) is 12.0. The number of carbonyl (C=O) groups excluding carboxylic acids is 1. The predicted molar refractivity (Wildman–Crippen MR) is 75.3 cm³/mol. The molecule has 5 nitrogen and oxygen atoms in total. The summed E-state index contributed by atoms with van der Waals surface area (Å²) in [6, 6.07) is 2.00. The van der Waals surface area contributed by atoms with Crippen LogP contribution in [0, 0.1) is 11.3 Å². The zero-order valence-electron chi connectivity index (χ0n) is 12.0. The lowest BCUT2D eigenvalue weighted by Crippen LogP contribution is -2.47. The van der Waals surface area contributed by atoms with E-state index in [1.54, 1.807) is 11.1 Å². The zero-order chi connectivity index (χ0) is 14.1. The molecule has 0 saturated carbocycles. The van der Waals surface area contributed by atoms with Crippen LogP contribution in [-0.2, 0) is 4.79 Å². The summed E-state index contributed by atoms with van der Waals surface area (Å²) in [4.78, 5) is 16.1. The number of nitriles is 1. The molecule has 0 unspecified atom stereocenters. The van der Waals surface area contributed by atoms with Crippen LogP contribution in [0.1, 0.15) is 26.2 Å². The van der Waals surface area contributed by atoms with Gasteiger partial charge in [0.15, 0.2) is 0 Å². The van der Waals surface area contributed by atoms with Crippen LogP contribution in [0.25, 0.3) is 0 Å². The molecule has 0 aromatic rings. The quantitative estimate of drug-likeness (QED) is 0.441. The lowest BCUT2D eigenvalue weighted by Gasteiger charge is -2.32. The highest BCUT2D eigenvalue weighted by Crippen LogP contribution is 2.05. The predicted octanol–water partition coefficient (Wildman–Crippen LogP) is 0.948. The summed E-state index contributed by atoms with van der Waals surface area (Å²) < 4.78 is 0. The molecule has 1 heterocycles. The van der Waals surface area contributed by atoms with Crippen LogP contribution in [0.5, 0.6) is 0 Å². The Bertz CT molecular complexity index is 351. The molecular formula is C14H24N4O. The second kappa shape index (κ2) is 8.54. The molecule has 0 radical (unpaired) electrons. The van der Waals surface area contributed by atoms with E-state index in [0.717, 1.165) is 38.9 Å². The molecule has 1 aliphatic heterocycles. The number of carbonyl (C=O) groups is 1. The first-order valence-electron chi connectivity index (χ1n) is 7.00. The van der Waals surface area contributed by atoms with Crippen molar-refractivity contribution in [1.82, 2.24) is 15.1 Å². The van der Waals surface area contributed by atoms with Crippen molar-refractivity contribution in [1.29, 1.82) is 5.26 Å². The van der Waals surface area contributed by atoms with Gasteiger partial charge in [-0.25, -0.2) is 0 Å². The van der Waals surface area contributed by atoms with Crippen LogP contribution in [0.4, 0.5) is 0 Å². The van der Waals surface area contributed by atoms with Crippen LogP contribution in [0.2, 0.25) is 0 Å². The lowest BCUT2D eigenvalue weighted by atomic mass is 10.2. The average Bonchev–Trinajstić information content (AvgIpc) is 2.43. The molecule has 1 aliphatic rings. The minimum Gasteiger partial charge on any atom is -0.390 e. The summed E-state index contributed by atoms with van der Waals surface area (Å²) in [5.74, 6) is -0.154. The van der Waals surface area contributed by atoms with Gasteiger partial charge in [0.1, 0.15) is 11.6 Å². The van der Waals surface area contributed by atoms with Crippen molar-refractivity contribution in [3.8, 4) is 6.07 Å². The number of nitrogens with zero attached hydrogens (tertiary/aromatic N) is 3. The molecule has 19 heavy (non-hydrogen) atoms. The fourth-order valence-electron chi connectivity index (χ4n) is 1.97. The Morgan fingerprint density at radius 1 is 1.32 bits per heavy atom. The van der Waals surface area contributed by atoms with Crippen molar-refractivity contribution < 1.29 is 4.79 Å². The number of hydrogen-bond acceptors (Lipinski definition) is 4. The number of amides is 1. The Hall–Kier alpha value is -1.54. The van der Waals surface area contributed by atoms with Gasteiger partial charge in [0.05, 0.1) is 0 Å². The molecule has 0 aliphatic carbocycles. The Labute approximate surface area is 115 Å². The molecule has 1 fully saturated rings. The van der Waals surface area contributed by atoms with Gasteiger partial charge in [-0.15, -0.1) is 0 Å². The Balaban J connectivity index is 2.43. The second-order valence-corrected chi connectivity index (χ2v) is 4.93. The monoisotopic (exact) mass is 264 g/mol. The van der Waals surface area contributed by atoms with E-state index < -0.39 is 0 Å². The van der Waals surface area contributed by atoms with Gasteiger partial charge in [-0.05, 0) is 13.5 Å². The van der Waals surface area contributed by atoms with Crippen LogP contribution < -0.4 is 5.32 Å². The van der Waals surface area contributed by atoms with Crippen molar-refractivity contribution in [3.63, 3.8) is 0 Å². The largest absolute Gasteiger partial charge is 0.390 e. The Morgan fingerprint density at radius 3 is 2.58 bits per heavy atom. The average molecular weight is 264 g/mol. The molecule has 0 spiro atoms. The van der Waals surface area contributed by atoms with E-state index in [2.05, 4.69) is 17.1 Å². The summed E-state index contributed by atoms with van der Waals surface area (Å²) >= 11 is 0. The Kier molecular flexibility index (Phi) is 6.98. The maximum atomic E-state index is 12.1. The van der Waals surface area contributed by atoms with Crippen LogP contribution in [0.3, 0.4) is 0 Å². The molecule has 1 rings (SSSR count). The Morgan fingerprint density at radius 2 is 2.00 bits per heavy atom. The lowest BCUT2D eigenvalue weighted by molar-refractivity contribution is -0.128. The highest BCUT2D eigenvalue weighted by atomic mass is 16.2. The minimum atomic E-state index is -0.154. The van der Waals surface area contributed by atoms with Gasteiger partial charge in [-0.3, -0.25) is 4.79 Å². The third kappa shape index (κ3) is 5.31. The van der Waals surface area contributed by atoms with Crippen LogP contribution >= 0.6 is 0 Å².